The van der Waals surface area contributed by atoms with Crippen LogP contribution in [0.5, 0.6) is 0 Å². The van der Waals surface area contributed by atoms with Crippen LogP contribution in [0.3, 0.4) is 0 Å². The Morgan fingerprint density at radius 1 is 0.558 bits per heavy atom. The Bertz CT molecular complexity index is 2910. The van der Waals surface area contributed by atoms with Gasteiger partial charge >= 0.3 is 0 Å². The molecular formula is C50H39NO. The van der Waals surface area contributed by atoms with Gasteiger partial charge in [0.2, 0.25) is 0 Å². The highest BCUT2D eigenvalue weighted by molar-refractivity contribution is 6.26. The second-order valence-electron chi connectivity index (χ2n) is 16.0. The summed E-state index contributed by atoms with van der Waals surface area (Å²) in [5, 5.41) is 7.38. The fraction of sp³-hybridized carbons (Fsp3) is 0.160. The molecule has 0 radical (unpaired) electrons. The molecule has 0 saturated heterocycles. The third-order valence-corrected chi connectivity index (χ3v) is 12.4. The van der Waals surface area contributed by atoms with E-state index in [-0.39, 0.29) is 10.8 Å². The number of anilines is 3. The van der Waals surface area contributed by atoms with Gasteiger partial charge in [-0.1, -0.05) is 131 Å². The largest absolute Gasteiger partial charge is 0.455 e. The predicted octanol–water partition coefficient (Wildman–Crippen LogP) is 14.1. The maximum absolute atomic E-state index is 6.97. The van der Waals surface area contributed by atoms with Gasteiger partial charge < -0.3 is 9.32 Å². The van der Waals surface area contributed by atoms with Gasteiger partial charge in [0.15, 0.2) is 0 Å². The number of fused-ring (bicyclic) bond motifs is 14. The molecule has 52 heavy (non-hydrogen) atoms. The van der Waals surface area contributed by atoms with E-state index in [1.165, 1.54) is 82.8 Å². The van der Waals surface area contributed by atoms with Crippen LogP contribution in [0, 0.1) is 0 Å². The smallest absolute Gasteiger partial charge is 0.144 e. The van der Waals surface area contributed by atoms with Crippen LogP contribution in [0.15, 0.2) is 150 Å². The van der Waals surface area contributed by atoms with Crippen LogP contribution >= 0.6 is 0 Å². The highest BCUT2D eigenvalue weighted by Gasteiger charge is 2.43. The number of rotatable bonds is 3. The molecule has 7 aromatic carbocycles. The first kappa shape index (κ1) is 29.8. The minimum atomic E-state index is -0.253. The monoisotopic (exact) mass is 669 g/mol. The molecule has 3 aliphatic rings. The first-order chi connectivity index (χ1) is 25.3. The van der Waals surface area contributed by atoms with Gasteiger partial charge in [0, 0.05) is 44.1 Å². The number of nitrogens with zero attached hydrogens (tertiary/aromatic N) is 1. The molecule has 0 fully saturated rings. The molecule has 2 heteroatoms. The Hall–Kier alpha value is -5.86. The van der Waals surface area contributed by atoms with E-state index < -0.39 is 0 Å². The van der Waals surface area contributed by atoms with Crippen LogP contribution in [-0.2, 0) is 10.8 Å². The quantitative estimate of drug-likeness (QED) is 0.186. The van der Waals surface area contributed by atoms with Crippen molar-refractivity contribution in [3.63, 3.8) is 0 Å². The van der Waals surface area contributed by atoms with Crippen LogP contribution < -0.4 is 4.90 Å². The Morgan fingerprint density at radius 2 is 1.27 bits per heavy atom. The first-order valence-corrected chi connectivity index (χ1v) is 18.7. The van der Waals surface area contributed by atoms with Gasteiger partial charge in [0.05, 0.1) is 5.69 Å². The molecular weight excluding hydrogens is 631 g/mol. The zero-order valence-corrected chi connectivity index (χ0v) is 30.0. The SMILES string of the molecule is CC1(C)C2=CCCC=C2c2ccc(N(c3ccc4ccccc4c3)c3cccc4c3-c3c(c5ccccc5c5c3oc3ccccc35)C4(C)C)cc21. The molecule has 3 aliphatic carbocycles. The summed E-state index contributed by atoms with van der Waals surface area (Å²) in [6, 6.07) is 47.2. The van der Waals surface area contributed by atoms with Gasteiger partial charge in [-0.25, -0.2) is 0 Å². The number of furan rings is 1. The van der Waals surface area contributed by atoms with Gasteiger partial charge in [-0.2, -0.15) is 0 Å². The van der Waals surface area contributed by atoms with Gasteiger partial charge in [-0.15, -0.1) is 0 Å². The first-order valence-electron chi connectivity index (χ1n) is 18.7. The van der Waals surface area contributed by atoms with Crippen LogP contribution in [0.1, 0.15) is 62.8 Å². The molecule has 1 heterocycles. The van der Waals surface area contributed by atoms with E-state index >= 15 is 0 Å². The Labute approximate surface area is 304 Å². The molecule has 0 N–H and O–H groups in total. The maximum Gasteiger partial charge on any atom is 0.144 e. The summed E-state index contributed by atoms with van der Waals surface area (Å²) in [6.07, 6.45) is 7.15. The Kier molecular flexibility index (Phi) is 5.94. The zero-order valence-electron chi connectivity index (χ0n) is 30.0. The topological polar surface area (TPSA) is 16.4 Å². The summed E-state index contributed by atoms with van der Waals surface area (Å²) in [5.74, 6) is 0. The standard InChI is InChI=1S/C50H39NO/c1-49(2)39-20-11-9-16-34(39)35-27-26-33(29-41(35)49)51(32-25-24-30-14-5-6-15-31(30)28-32)42-22-13-21-40-45(42)46-47(50(40,3)4)37-18-8-7-17-36(37)44-38-19-10-12-23-43(38)52-48(44)46/h5-8,10,12-29H,9,11H2,1-4H3. The molecule has 8 aromatic rings. The fourth-order valence-electron chi connectivity index (χ4n) is 10.0. The summed E-state index contributed by atoms with van der Waals surface area (Å²) in [7, 11) is 0. The average Bonchev–Trinajstić information content (AvgIpc) is 3.76. The van der Waals surface area contributed by atoms with Crippen molar-refractivity contribution in [3.8, 4) is 11.1 Å². The van der Waals surface area contributed by atoms with E-state index in [4.69, 9.17) is 4.42 Å². The number of para-hydroxylation sites is 1. The van der Waals surface area contributed by atoms with E-state index in [9.17, 15) is 0 Å². The maximum atomic E-state index is 6.97. The molecule has 250 valence electrons. The fourth-order valence-corrected chi connectivity index (χ4v) is 10.0. The van der Waals surface area contributed by atoms with Gasteiger partial charge in [0.25, 0.3) is 0 Å². The molecule has 2 nitrogen and oxygen atoms in total. The summed E-state index contributed by atoms with van der Waals surface area (Å²) in [6.45, 7) is 9.58. The van der Waals surface area contributed by atoms with Crippen LogP contribution in [-0.4, -0.2) is 0 Å². The summed E-state index contributed by atoms with van der Waals surface area (Å²) in [4.78, 5) is 2.52. The minimum absolute atomic E-state index is 0.0702. The number of benzene rings is 7. The summed E-state index contributed by atoms with van der Waals surface area (Å²) < 4.78 is 6.97. The van der Waals surface area contributed by atoms with E-state index in [0.717, 1.165) is 35.1 Å². The number of hydrogen-bond acceptors (Lipinski definition) is 2. The molecule has 0 bridgehead atoms. The van der Waals surface area contributed by atoms with E-state index in [1.807, 2.05) is 0 Å². The lowest BCUT2D eigenvalue weighted by Crippen LogP contribution is -2.18. The third kappa shape index (κ3) is 3.85. The highest BCUT2D eigenvalue weighted by Crippen LogP contribution is 2.60. The average molecular weight is 670 g/mol. The Morgan fingerprint density at radius 3 is 2.13 bits per heavy atom. The molecule has 11 rings (SSSR count). The van der Waals surface area contributed by atoms with Gasteiger partial charge in [0.1, 0.15) is 11.2 Å². The minimum Gasteiger partial charge on any atom is -0.455 e. The van der Waals surface area contributed by atoms with Crippen molar-refractivity contribution in [2.24, 2.45) is 0 Å². The molecule has 0 unspecified atom stereocenters. The molecule has 1 aromatic heterocycles. The second-order valence-corrected chi connectivity index (χ2v) is 16.0. The van der Waals surface area contributed by atoms with E-state index in [2.05, 4.69) is 172 Å². The van der Waals surface area contributed by atoms with Gasteiger partial charge in [-0.05, 0) is 104 Å². The molecule has 0 atom stereocenters. The lowest BCUT2D eigenvalue weighted by Gasteiger charge is -2.30. The lowest BCUT2D eigenvalue weighted by atomic mass is 9.79. The van der Waals surface area contributed by atoms with Gasteiger partial charge in [-0.3, -0.25) is 0 Å². The highest BCUT2D eigenvalue weighted by atomic mass is 16.3. The van der Waals surface area contributed by atoms with Crippen molar-refractivity contribution in [2.75, 3.05) is 4.90 Å². The Balaban J connectivity index is 1.25. The van der Waals surface area contributed by atoms with Crippen LogP contribution in [0.25, 0.3) is 60.2 Å². The van der Waals surface area contributed by atoms with E-state index in [0.29, 0.717) is 0 Å². The lowest BCUT2D eigenvalue weighted by molar-refractivity contribution is 0.654. The predicted molar refractivity (Wildman–Crippen MR) is 219 cm³/mol. The second kappa shape index (κ2) is 10.4. The van der Waals surface area contributed by atoms with Crippen LogP contribution in [0.4, 0.5) is 17.1 Å². The van der Waals surface area contributed by atoms with Crippen molar-refractivity contribution in [2.45, 2.75) is 51.4 Å². The molecule has 0 spiro atoms. The zero-order chi connectivity index (χ0) is 34.9. The van der Waals surface area contributed by atoms with Crippen molar-refractivity contribution >= 4 is 66.1 Å². The third-order valence-electron chi connectivity index (χ3n) is 12.4. The van der Waals surface area contributed by atoms with Crippen molar-refractivity contribution in [1.82, 2.24) is 0 Å². The summed E-state index contributed by atoms with van der Waals surface area (Å²) in [5.41, 5.74) is 15.9. The number of hydrogen-bond donors (Lipinski definition) is 0. The van der Waals surface area contributed by atoms with Crippen molar-refractivity contribution < 1.29 is 4.42 Å². The van der Waals surface area contributed by atoms with Crippen molar-refractivity contribution in [3.05, 3.63) is 167 Å². The molecule has 0 aliphatic heterocycles. The normalized spacial score (nSPS) is 16.5. The van der Waals surface area contributed by atoms with E-state index in [1.54, 1.807) is 0 Å². The van der Waals surface area contributed by atoms with Crippen LogP contribution in [0.2, 0.25) is 0 Å². The number of allylic oxidation sites excluding steroid dienone is 4. The molecule has 0 saturated carbocycles. The summed E-state index contributed by atoms with van der Waals surface area (Å²) >= 11 is 0. The van der Waals surface area contributed by atoms with Crippen molar-refractivity contribution in [1.29, 1.82) is 0 Å². The molecule has 0 amide bonds.